The molecule has 1 aromatic carbocycles. The van der Waals surface area contributed by atoms with E-state index in [9.17, 15) is 23.1 Å². The third kappa shape index (κ3) is 3.76. The molecule has 1 unspecified atom stereocenters. The van der Waals surface area contributed by atoms with Gasteiger partial charge in [0.15, 0.2) is 0 Å². The third-order valence-corrected chi connectivity index (χ3v) is 7.42. The molecule has 7 nitrogen and oxygen atoms in total. The van der Waals surface area contributed by atoms with Gasteiger partial charge in [0.05, 0.1) is 5.75 Å². The molecule has 8 heteroatoms. The fourth-order valence-electron chi connectivity index (χ4n) is 4.08. The van der Waals surface area contributed by atoms with Crippen LogP contribution in [-0.4, -0.2) is 60.3 Å². The Labute approximate surface area is 153 Å². The topological polar surface area (TPSA) is 95.0 Å². The molecule has 1 amide bonds. The van der Waals surface area contributed by atoms with E-state index in [1.54, 1.807) is 12.1 Å². The van der Waals surface area contributed by atoms with Crippen LogP contribution in [-0.2, 0) is 25.4 Å². The van der Waals surface area contributed by atoms with Gasteiger partial charge >= 0.3 is 5.97 Å². The number of rotatable bonds is 4. The van der Waals surface area contributed by atoms with Gasteiger partial charge in [-0.25, -0.2) is 17.5 Å². The first-order valence-electron chi connectivity index (χ1n) is 8.74. The van der Waals surface area contributed by atoms with Crippen molar-refractivity contribution in [3.05, 3.63) is 35.9 Å². The normalized spacial score (nSPS) is 23.3. The summed E-state index contributed by atoms with van der Waals surface area (Å²) in [4.78, 5) is 24.7. The van der Waals surface area contributed by atoms with Crippen molar-refractivity contribution in [2.45, 2.75) is 38.0 Å². The highest BCUT2D eigenvalue weighted by Gasteiger charge is 2.50. The van der Waals surface area contributed by atoms with Gasteiger partial charge in [-0.3, -0.25) is 4.79 Å². The second kappa shape index (κ2) is 7.00. The van der Waals surface area contributed by atoms with E-state index in [1.807, 2.05) is 18.2 Å². The van der Waals surface area contributed by atoms with Crippen LogP contribution < -0.4 is 0 Å². The second-order valence-electron chi connectivity index (χ2n) is 7.35. The summed E-state index contributed by atoms with van der Waals surface area (Å²) in [6, 6.07) is 8.26. The number of nitrogens with zero attached hydrogens (tertiary/aromatic N) is 2. The van der Waals surface area contributed by atoms with Crippen molar-refractivity contribution >= 4 is 21.9 Å². The van der Waals surface area contributed by atoms with E-state index in [2.05, 4.69) is 0 Å². The fourth-order valence-corrected chi connectivity index (χ4v) is 5.62. The predicted molar refractivity (Wildman–Crippen MR) is 95.7 cm³/mol. The number of hydrogen-bond donors (Lipinski definition) is 1. The zero-order valence-electron chi connectivity index (χ0n) is 14.8. The third-order valence-electron chi connectivity index (χ3n) is 5.57. The number of carboxylic acids is 1. The van der Waals surface area contributed by atoms with E-state index >= 15 is 0 Å². The first-order valence-corrected chi connectivity index (χ1v) is 10.4. The van der Waals surface area contributed by atoms with Crippen molar-refractivity contribution in [1.82, 2.24) is 9.21 Å². The van der Waals surface area contributed by atoms with Crippen molar-refractivity contribution in [2.75, 3.05) is 19.6 Å². The number of sulfonamides is 1. The Balaban J connectivity index is 1.67. The number of likely N-dealkylation sites (tertiary alicyclic amines) is 1. The molecule has 2 aliphatic heterocycles. The lowest BCUT2D eigenvalue weighted by Gasteiger charge is -2.38. The van der Waals surface area contributed by atoms with Crippen molar-refractivity contribution in [3.8, 4) is 0 Å². The molecule has 2 heterocycles. The monoisotopic (exact) mass is 380 g/mol. The zero-order chi connectivity index (χ0) is 18.9. The van der Waals surface area contributed by atoms with Crippen LogP contribution >= 0.6 is 0 Å². The van der Waals surface area contributed by atoms with Gasteiger partial charge in [-0.1, -0.05) is 30.3 Å². The van der Waals surface area contributed by atoms with E-state index in [1.165, 1.54) is 16.1 Å². The summed E-state index contributed by atoms with van der Waals surface area (Å²) in [5, 5.41) is 9.39. The lowest BCUT2D eigenvalue weighted by Crippen LogP contribution is -2.44. The smallest absolute Gasteiger partial charge is 0.326 e. The van der Waals surface area contributed by atoms with Crippen molar-refractivity contribution < 1.29 is 23.1 Å². The summed E-state index contributed by atoms with van der Waals surface area (Å²) >= 11 is 0. The number of carbonyl (C=O) groups excluding carboxylic acids is 1. The van der Waals surface area contributed by atoms with Gasteiger partial charge in [-0.2, -0.15) is 0 Å². The Morgan fingerprint density at radius 3 is 2.31 bits per heavy atom. The minimum Gasteiger partial charge on any atom is -0.480 e. The van der Waals surface area contributed by atoms with Crippen LogP contribution in [0.2, 0.25) is 0 Å². The number of benzene rings is 1. The Morgan fingerprint density at radius 1 is 1.19 bits per heavy atom. The number of carbonyl (C=O) groups is 2. The molecule has 142 valence electrons. The molecule has 0 bridgehead atoms. The Bertz CT molecular complexity index is 761. The molecule has 26 heavy (non-hydrogen) atoms. The minimum absolute atomic E-state index is 0.0296. The Kier molecular flexibility index (Phi) is 5.07. The van der Waals surface area contributed by atoms with Crippen LogP contribution in [0.5, 0.6) is 0 Å². The van der Waals surface area contributed by atoms with Crippen LogP contribution in [0.25, 0.3) is 0 Å². The lowest BCUT2D eigenvalue weighted by atomic mass is 9.77. The number of aliphatic carboxylic acids is 1. The summed E-state index contributed by atoms with van der Waals surface area (Å²) in [6.45, 7) is 2.51. The molecule has 1 atom stereocenters. The fraction of sp³-hybridized carbons (Fsp3) is 0.556. The molecule has 1 spiro atoms. The van der Waals surface area contributed by atoms with Gasteiger partial charge in [-0.15, -0.1) is 0 Å². The highest BCUT2D eigenvalue weighted by molar-refractivity contribution is 7.88. The van der Waals surface area contributed by atoms with E-state index < -0.39 is 22.0 Å². The van der Waals surface area contributed by atoms with Crippen LogP contribution in [0.1, 0.15) is 31.7 Å². The van der Waals surface area contributed by atoms with E-state index in [-0.39, 0.29) is 17.1 Å². The van der Waals surface area contributed by atoms with Gasteiger partial charge in [-0.05, 0) is 30.2 Å². The molecule has 2 fully saturated rings. The molecular weight excluding hydrogens is 356 g/mol. The average molecular weight is 380 g/mol. The molecule has 0 aromatic heterocycles. The quantitative estimate of drug-likeness (QED) is 0.850. The standard InChI is InChI=1S/C18H24N2O5S/c1-14(21)20-13-18(11-16(20)17(22)23)7-9-19(10-8-18)26(24,25)12-15-5-3-2-4-6-15/h2-6,16H,7-13H2,1H3,(H,22,23). The predicted octanol–water partition coefficient (Wildman–Crippen LogP) is 1.30. The van der Waals surface area contributed by atoms with Gasteiger partial charge in [0.2, 0.25) is 15.9 Å². The molecule has 2 saturated heterocycles. The van der Waals surface area contributed by atoms with Gasteiger partial charge in [0.25, 0.3) is 0 Å². The maximum Gasteiger partial charge on any atom is 0.326 e. The number of carboxylic acid groups (broad SMARTS) is 1. The molecule has 3 rings (SSSR count). The second-order valence-corrected chi connectivity index (χ2v) is 9.31. The first kappa shape index (κ1) is 18.8. The molecule has 2 aliphatic rings. The van der Waals surface area contributed by atoms with Gasteiger partial charge < -0.3 is 10.0 Å². The largest absolute Gasteiger partial charge is 0.480 e. The molecule has 0 radical (unpaired) electrons. The Hall–Kier alpha value is -1.93. The lowest BCUT2D eigenvalue weighted by molar-refractivity contribution is -0.147. The van der Waals surface area contributed by atoms with Crippen LogP contribution in [0, 0.1) is 5.41 Å². The molecule has 1 N–H and O–H groups in total. The van der Waals surface area contributed by atoms with Crippen molar-refractivity contribution in [3.63, 3.8) is 0 Å². The van der Waals surface area contributed by atoms with E-state index in [0.717, 1.165) is 5.56 Å². The summed E-state index contributed by atoms with van der Waals surface area (Å²) in [7, 11) is -3.41. The van der Waals surface area contributed by atoms with Crippen LogP contribution in [0.3, 0.4) is 0 Å². The summed E-state index contributed by atoms with van der Waals surface area (Å²) in [5.41, 5.74) is 0.454. The van der Waals surface area contributed by atoms with Gasteiger partial charge in [0.1, 0.15) is 6.04 Å². The first-order chi connectivity index (χ1) is 12.2. The minimum atomic E-state index is -3.41. The van der Waals surface area contributed by atoms with Gasteiger partial charge in [0, 0.05) is 26.6 Å². The average Bonchev–Trinajstić information content (AvgIpc) is 2.96. The number of hydrogen-bond acceptors (Lipinski definition) is 4. The SMILES string of the molecule is CC(=O)N1CC2(CCN(S(=O)(=O)Cc3ccccc3)CC2)CC1C(=O)O. The summed E-state index contributed by atoms with van der Waals surface area (Å²) < 4.78 is 26.8. The highest BCUT2D eigenvalue weighted by atomic mass is 32.2. The zero-order valence-corrected chi connectivity index (χ0v) is 15.6. The molecule has 1 aromatic rings. The number of amides is 1. The highest BCUT2D eigenvalue weighted by Crippen LogP contribution is 2.44. The van der Waals surface area contributed by atoms with E-state index in [0.29, 0.717) is 38.9 Å². The Morgan fingerprint density at radius 2 is 1.81 bits per heavy atom. The molecular formula is C18H24N2O5S. The molecule has 0 saturated carbocycles. The van der Waals surface area contributed by atoms with Crippen LogP contribution in [0.4, 0.5) is 0 Å². The summed E-state index contributed by atoms with van der Waals surface area (Å²) in [6.07, 6.45) is 1.55. The summed E-state index contributed by atoms with van der Waals surface area (Å²) in [5.74, 6) is -1.26. The maximum atomic E-state index is 12.7. The molecule has 0 aliphatic carbocycles. The van der Waals surface area contributed by atoms with Crippen molar-refractivity contribution in [1.29, 1.82) is 0 Å². The maximum absolute atomic E-state index is 12.7. The van der Waals surface area contributed by atoms with Crippen LogP contribution in [0.15, 0.2) is 30.3 Å². The number of piperidine rings is 1. The van der Waals surface area contributed by atoms with E-state index in [4.69, 9.17) is 0 Å². The van der Waals surface area contributed by atoms with Crippen molar-refractivity contribution in [2.24, 2.45) is 5.41 Å².